The Balaban J connectivity index is 1.58. The van der Waals surface area contributed by atoms with Crippen LogP contribution in [0.1, 0.15) is 12.1 Å². The van der Waals surface area contributed by atoms with Crippen molar-refractivity contribution in [3.8, 4) is 11.5 Å². The standard InChI is InChI=1S/C21H17F2N5O2/c1-12-8-14(27-20-16-9-13(24)2-4-17(16)25-11-26-20)3-5-18(12)30-15-6-7-28(21(22)23)19(29)10-15/h2-11,21H,24H2,1H3,(H,25,26,27). The Bertz CT molecular complexity index is 1290. The molecule has 2 aromatic carbocycles. The second kappa shape index (κ2) is 7.78. The van der Waals surface area contributed by atoms with Crippen LogP contribution < -0.4 is 21.3 Å². The number of halogens is 2. The van der Waals surface area contributed by atoms with E-state index in [4.69, 9.17) is 10.5 Å². The fraction of sp³-hybridized carbons (Fsp3) is 0.0952. The third kappa shape index (κ3) is 3.90. The number of hydrogen-bond donors (Lipinski definition) is 2. The Hall–Kier alpha value is -4.01. The fourth-order valence-corrected chi connectivity index (χ4v) is 2.98. The van der Waals surface area contributed by atoms with Gasteiger partial charge in [-0.3, -0.25) is 9.36 Å². The molecule has 0 spiro atoms. The fourth-order valence-electron chi connectivity index (χ4n) is 2.98. The van der Waals surface area contributed by atoms with Gasteiger partial charge in [0, 0.05) is 29.0 Å². The molecule has 0 bridgehead atoms. The first-order valence-corrected chi connectivity index (χ1v) is 8.97. The number of aromatic nitrogens is 3. The summed E-state index contributed by atoms with van der Waals surface area (Å²) in [5.74, 6) is 1.28. The van der Waals surface area contributed by atoms with Crippen LogP contribution in [0.15, 0.2) is 65.8 Å². The van der Waals surface area contributed by atoms with E-state index in [1.165, 1.54) is 12.4 Å². The average molecular weight is 409 g/mol. The number of fused-ring (bicyclic) bond motifs is 1. The first-order chi connectivity index (χ1) is 14.4. The lowest BCUT2D eigenvalue weighted by molar-refractivity contribution is 0.0662. The van der Waals surface area contributed by atoms with Crippen LogP contribution in [0.5, 0.6) is 11.5 Å². The van der Waals surface area contributed by atoms with Crippen LogP contribution in [0.25, 0.3) is 10.9 Å². The number of benzene rings is 2. The number of hydrogen-bond acceptors (Lipinski definition) is 6. The SMILES string of the molecule is Cc1cc(Nc2ncnc3ccc(N)cc23)ccc1Oc1ccn(C(F)F)c(=O)c1. The van der Waals surface area contributed by atoms with Gasteiger partial charge in [-0.05, 0) is 55.0 Å². The van der Waals surface area contributed by atoms with Gasteiger partial charge in [-0.1, -0.05) is 0 Å². The minimum atomic E-state index is -2.90. The number of aryl methyl sites for hydroxylation is 1. The molecule has 2 aromatic heterocycles. The minimum absolute atomic E-state index is 0.179. The molecule has 0 saturated carbocycles. The Kier molecular flexibility index (Phi) is 5.01. The highest BCUT2D eigenvalue weighted by atomic mass is 19.3. The minimum Gasteiger partial charge on any atom is -0.457 e. The van der Waals surface area contributed by atoms with Crippen molar-refractivity contribution in [1.82, 2.24) is 14.5 Å². The van der Waals surface area contributed by atoms with E-state index >= 15 is 0 Å². The number of ether oxygens (including phenoxy) is 1. The zero-order chi connectivity index (χ0) is 21.3. The molecule has 0 aliphatic heterocycles. The smallest absolute Gasteiger partial charge is 0.321 e. The van der Waals surface area contributed by atoms with E-state index in [-0.39, 0.29) is 5.75 Å². The molecule has 0 fully saturated rings. The number of pyridine rings is 1. The van der Waals surface area contributed by atoms with E-state index < -0.39 is 12.1 Å². The molecular weight excluding hydrogens is 392 g/mol. The molecule has 0 radical (unpaired) electrons. The zero-order valence-electron chi connectivity index (χ0n) is 15.8. The quantitative estimate of drug-likeness (QED) is 0.467. The number of rotatable bonds is 5. The third-order valence-electron chi connectivity index (χ3n) is 4.45. The second-order valence-corrected chi connectivity index (χ2v) is 6.59. The van der Waals surface area contributed by atoms with Gasteiger partial charge in [0.15, 0.2) is 0 Å². The van der Waals surface area contributed by atoms with Crippen molar-refractivity contribution in [1.29, 1.82) is 0 Å². The lowest BCUT2D eigenvalue weighted by atomic mass is 10.2. The summed E-state index contributed by atoms with van der Waals surface area (Å²) in [5, 5.41) is 4.02. The Morgan fingerprint density at radius 2 is 1.93 bits per heavy atom. The summed E-state index contributed by atoms with van der Waals surface area (Å²) in [6.45, 7) is -1.07. The van der Waals surface area contributed by atoms with Crippen molar-refractivity contribution in [2.45, 2.75) is 13.5 Å². The largest absolute Gasteiger partial charge is 0.457 e. The van der Waals surface area contributed by atoms with Gasteiger partial charge in [-0.15, -0.1) is 0 Å². The summed E-state index contributed by atoms with van der Waals surface area (Å²) < 4.78 is 31.4. The maximum Gasteiger partial charge on any atom is 0.321 e. The predicted molar refractivity (Wildman–Crippen MR) is 110 cm³/mol. The summed E-state index contributed by atoms with van der Waals surface area (Å²) in [6.07, 6.45) is 2.46. The van der Waals surface area contributed by atoms with Gasteiger partial charge in [0.25, 0.3) is 5.56 Å². The molecule has 0 unspecified atom stereocenters. The normalized spacial score (nSPS) is 11.1. The van der Waals surface area contributed by atoms with Gasteiger partial charge < -0.3 is 15.8 Å². The molecule has 30 heavy (non-hydrogen) atoms. The van der Waals surface area contributed by atoms with Gasteiger partial charge in [-0.2, -0.15) is 8.78 Å². The number of nitrogens with one attached hydrogen (secondary N) is 1. The van der Waals surface area contributed by atoms with E-state index in [0.717, 1.165) is 34.4 Å². The second-order valence-electron chi connectivity index (χ2n) is 6.59. The van der Waals surface area contributed by atoms with Crippen LogP contribution in [-0.2, 0) is 0 Å². The van der Waals surface area contributed by atoms with E-state index in [1.807, 2.05) is 19.1 Å². The number of anilines is 3. The molecule has 0 aliphatic carbocycles. The summed E-state index contributed by atoms with van der Waals surface area (Å²) in [6, 6.07) is 13.1. The topological polar surface area (TPSA) is 95.1 Å². The van der Waals surface area contributed by atoms with Crippen molar-refractivity contribution in [2.75, 3.05) is 11.1 Å². The summed E-state index contributed by atoms with van der Waals surface area (Å²) in [5.41, 5.74) is 7.94. The van der Waals surface area contributed by atoms with Gasteiger partial charge in [-0.25, -0.2) is 9.97 Å². The molecule has 0 saturated heterocycles. The van der Waals surface area contributed by atoms with E-state index in [9.17, 15) is 13.6 Å². The Morgan fingerprint density at radius 1 is 1.10 bits per heavy atom. The lowest BCUT2D eigenvalue weighted by Crippen LogP contribution is -2.18. The van der Waals surface area contributed by atoms with Gasteiger partial charge >= 0.3 is 6.55 Å². The van der Waals surface area contributed by atoms with Crippen LogP contribution in [0, 0.1) is 6.92 Å². The van der Waals surface area contributed by atoms with E-state index in [2.05, 4.69) is 15.3 Å². The highest BCUT2D eigenvalue weighted by Crippen LogP contribution is 2.30. The molecule has 4 aromatic rings. The molecule has 4 rings (SSSR count). The number of nitrogen functional groups attached to an aromatic ring is 1. The molecule has 2 heterocycles. The molecule has 152 valence electrons. The van der Waals surface area contributed by atoms with Crippen LogP contribution in [0.4, 0.5) is 26.0 Å². The van der Waals surface area contributed by atoms with Gasteiger partial charge in [0.05, 0.1) is 5.52 Å². The van der Waals surface area contributed by atoms with Crippen molar-refractivity contribution in [3.05, 3.63) is 77.0 Å². The Labute approximate surface area is 169 Å². The maximum atomic E-state index is 12.7. The maximum absolute atomic E-state index is 12.7. The molecule has 0 amide bonds. The van der Waals surface area contributed by atoms with E-state index in [0.29, 0.717) is 21.8 Å². The van der Waals surface area contributed by atoms with Crippen molar-refractivity contribution < 1.29 is 13.5 Å². The lowest BCUT2D eigenvalue weighted by Gasteiger charge is -2.13. The van der Waals surface area contributed by atoms with Crippen LogP contribution >= 0.6 is 0 Å². The molecular formula is C21H17F2N5O2. The first kappa shape index (κ1) is 19.3. The van der Waals surface area contributed by atoms with E-state index in [1.54, 1.807) is 24.3 Å². The predicted octanol–water partition coefficient (Wildman–Crippen LogP) is 4.61. The zero-order valence-corrected chi connectivity index (χ0v) is 15.8. The summed E-state index contributed by atoms with van der Waals surface area (Å²) >= 11 is 0. The van der Waals surface area contributed by atoms with Gasteiger partial charge in [0.2, 0.25) is 0 Å². The van der Waals surface area contributed by atoms with Crippen LogP contribution in [0.2, 0.25) is 0 Å². The summed E-state index contributed by atoms with van der Waals surface area (Å²) in [4.78, 5) is 20.2. The number of nitrogens with zero attached hydrogens (tertiary/aromatic N) is 3. The van der Waals surface area contributed by atoms with Crippen molar-refractivity contribution in [2.24, 2.45) is 0 Å². The third-order valence-corrected chi connectivity index (χ3v) is 4.45. The molecule has 3 N–H and O–H groups in total. The molecule has 9 heteroatoms. The van der Waals surface area contributed by atoms with Gasteiger partial charge in [0.1, 0.15) is 23.6 Å². The molecule has 0 atom stereocenters. The Morgan fingerprint density at radius 3 is 2.67 bits per heavy atom. The van der Waals surface area contributed by atoms with Crippen LogP contribution in [0.3, 0.4) is 0 Å². The van der Waals surface area contributed by atoms with Crippen LogP contribution in [-0.4, -0.2) is 14.5 Å². The number of nitrogens with two attached hydrogens (primary N) is 1. The molecule has 0 aliphatic rings. The van der Waals surface area contributed by atoms with Crippen molar-refractivity contribution >= 4 is 28.1 Å². The monoisotopic (exact) mass is 409 g/mol. The average Bonchev–Trinajstić information content (AvgIpc) is 2.70. The highest BCUT2D eigenvalue weighted by molar-refractivity contribution is 5.92. The summed E-state index contributed by atoms with van der Waals surface area (Å²) in [7, 11) is 0. The molecule has 7 nitrogen and oxygen atoms in total. The number of alkyl halides is 2. The van der Waals surface area contributed by atoms with Crippen molar-refractivity contribution in [3.63, 3.8) is 0 Å². The highest BCUT2D eigenvalue weighted by Gasteiger charge is 2.10. The first-order valence-electron chi connectivity index (χ1n) is 8.97.